The highest BCUT2D eigenvalue weighted by Crippen LogP contribution is 2.08. The molecular weight excluding hydrogens is 236 g/mol. The van der Waals surface area contributed by atoms with Crippen LogP contribution in [0.25, 0.3) is 5.69 Å². The number of aromatic nitrogens is 3. The van der Waals surface area contributed by atoms with Crippen molar-refractivity contribution in [1.82, 2.24) is 14.8 Å². The highest BCUT2D eigenvalue weighted by Gasteiger charge is 2.08. The molecule has 0 aliphatic carbocycles. The maximum Gasteiger partial charge on any atom is 0.338 e. The number of benzene rings is 1. The average molecular weight is 246 g/mol. The van der Waals surface area contributed by atoms with Gasteiger partial charge >= 0.3 is 5.97 Å². The third-order valence-corrected chi connectivity index (χ3v) is 2.13. The van der Waals surface area contributed by atoms with E-state index in [1.165, 1.54) is 6.33 Å². The molecule has 2 rings (SSSR count). The predicted octanol–water partition coefficient (Wildman–Crippen LogP) is -0.0906. The number of carbonyl (C=O) groups is 2. The van der Waals surface area contributed by atoms with Gasteiger partial charge in [-0.2, -0.15) is 5.10 Å². The zero-order chi connectivity index (χ0) is 13.0. The summed E-state index contributed by atoms with van der Waals surface area (Å²) >= 11 is 0. The van der Waals surface area contributed by atoms with Gasteiger partial charge in [-0.25, -0.2) is 14.5 Å². The lowest BCUT2D eigenvalue weighted by Crippen LogP contribution is -2.20. The highest BCUT2D eigenvalue weighted by atomic mass is 16.5. The molecule has 0 bridgehead atoms. The van der Waals surface area contributed by atoms with Crippen LogP contribution in [-0.2, 0) is 9.53 Å². The van der Waals surface area contributed by atoms with Crippen LogP contribution in [0.3, 0.4) is 0 Å². The van der Waals surface area contributed by atoms with Crippen molar-refractivity contribution in [3.8, 4) is 5.69 Å². The van der Waals surface area contributed by atoms with E-state index in [1.807, 2.05) is 0 Å². The van der Waals surface area contributed by atoms with Crippen LogP contribution in [0, 0.1) is 0 Å². The first-order valence-corrected chi connectivity index (χ1v) is 5.07. The number of nitrogens with two attached hydrogens (primary N) is 1. The second kappa shape index (κ2) is 5.09. The lowest BCUT2D eigenvalue weighted by Gasteiger charge is -2.04. The monoisotopic (exact) mass is 246 g/mol. The van der Waals surface area contributed by atoms with E-state index >= 15 is 0 Å². The SMILES string of the molecule is NC(=O)COC(=O)c1ccc(-n2cncn2)cc1. The minimum atomic E-state index is -0.692. The van der Waals surface area contributed by atoms with Crippen LogP contribution >= 0.6 is 0 Å². The van der Waals surface area contributed by atoms with Crippen molar-refractivity contribution < 1.29 is 14.3 Å². The van der Waals surface area contributed by atoms with Gasteiger partial charge in [0.1, 0.15) is 12.7 Å². The molecule has 0 spiro atoms. The van der Waals surface area contributed by atoms with Crippen LogP contribution in [0.2, 0.25) is 0 Å². The first-order chi connectivity index (χ1) is 8.66. The van der Waals surface area contributed by atoms with Gasteiger partial charge in [-0.05, 0) is 24.3 Å². The van der Waals surface area contributed by atoms with E-state index in [2.05, 4.69) is 14.8 Å². The van der Waals surface area contributed by atoms with E-state index in [4.69, 9.17) is 5.73 Å². The molecule has 0 atom stereocenters. The van der Waals surface area contributed by atoms with E-state index < -0.39 is 18.5 Å². The molecule has 0 aliphatic heterocycles. The second-order valence-electron chi connectivity index (χ2n) is 3.43. The summed E-state index contributed by atoms with van der Waals surface area (Å²) in [6.07, 6.45) is 2.95. The normalized spacial score (nSPS) is 10.0. The maximum absolute atomic E-state index is 11.5. The number of hydrogen-bond acceptors (Lipinski definition) is 5. The quantitative estimate of drug-likeness (QED) is 0.760. The molecule has 0 fully saturated rings. The molecule has 0 saturated carbocycles. The zero-order valence-corrected chi connectivity index (χ0v) is 9.31. The third kappa shape index (κ3) is 2.70. The molecule has 7 heteroatoms. The number of esters is 1. The Labute approximate surface area is 102 Å². The summed E-state index contributed by atoms with van der Waals surface area (Å²) in [5.41, 5.74) is 5.97. The highest BCUT2D eigenvalue weighted by molar-refractivity contribution is 5.91. The van der Waals surface area contributed by atoms with Gasteiger partial charge in [0.15, 0.2) is 6.61 Å². The fourth-order valence-corrected chi connectivity index (χ4v) is 1.31. The van der Waals surface area contributed by atoms with Gasteiger partial charge in [0.2, 0.25) is 0 Å². The topological polar surface area (TPSA) is 100 Å². The van der Waals surface area contributed by atoms with Crippen molar-refractivity contribution in [2.75, 3.05) is 6.61 Å². The van der Waals surface area contributed by atoms with Crippen LogP contribution in [0.4, 0.5) is 0 Å². The molecular formula is C11H10N4O3. The third-order valence-electron chi connectivity index (χ3n) is 2.13. The average Bonchev–Trinajstić information content (AvgIpc) is 2.90. The van der Waals surface area contributed by atoms with E-state index in [0.29, 0.717) is 5.56 Å². The largest absolute Gasteiger partial charge is 0.452 e. The maximum atomic E-state index is 11.5. The van der Waals surface area contributed by atoms with E-state index in [9.17, 15) is 9.59 Å². The smallest absolute Gasteiger partial charge is 0.338 e. The minimum Gasteiger partial charge on any atom is -0.452 e. The van der Waals surface area contributed by atoms with Gasteiger partial charge in [-0.15, -0.1) is 0 Å². The van der Waals surface area contributed by atoms with Gasteiger partial charge in [-0.1, -0.05) is 0 Å². The van der Waals surface area contributed by atoms with E-state index in [1.54, 1.807) is 35.3 Å². The van der Waals surface area contributed by atoms with Crippen molar-refractivity contribution in [3.63, 3.8) is 0 Å². The Morgan fingerprint density at radius 3 is 2.56 bits per heavy atom. The molecule has 7 nitrogen and oxygen atoms in total. The molecule has 0 aliphatic rings. The fourth-order valence-electron chi connectivity index (χ4n) is 1.31. The van der Waals surface area contributed by atoms with Crippen molar-refractivity contribution in [2.24, 2.45) is 5.73 Å². The van der Waals surface area contributed by atoms with Crippen LogP contribution < -0.4 is 5.73 Å². The molecule has 1 amide bonds. The Hall–Kier alpha value is -2.70. The van der Waals surface area contributed by atoms with Crippen LogP contribution in [-0.4, -0.2) is 33.2 Å². The van der Waals surface area contributed by atoms with Gasteiger partial charge in [0.25, 0.3) is 5.91 Å². The van der Waals surface area contributed by atoms with Crippen LogP contribution in [0.1, 0.15) is 10.4 Å². The summed E-state index contributed by atoms with van der Waals surface area (Å²) < 4.78 is 6.23. The summed E-state index contributed by atoms with van der Waals surface area (Å²) in [6.45, 7) is -0.427. The number of ether oxygens (including phenoxy) is 1. The fraction of sp³-hybridized carbons (Fsp3) is 0.0909. The Balaban J connectivity index is 2.08. The second-order valence-corrected chi connectivity index (χ2v) is 3.43. The van der Waals surface area contributed by atoms with Crippen LogP contribution in [0.15, 0.2) is 36.9 Å². The van der Waals surface area contributed by atoms with E-state index in [-0.39, 0.29) is 0 Å². The van der Waals surface area contributed by atoms with E-state index in [0.717, 1.165) is 5.69 Å². The Kier molecular flexibility index (Phi) is 3.33. The molecule has 1 aromatic carbocycles. The first-order valence-electron chi connectivity index (χ1n) is 5.07. The van der Waals surface area contributed by atoms with Gasteiger partial charge in [0, 0.05) is 0 Å². The van der Waals surface area contributed by atoms with Crippen molar-refractivity contribution in [1.29, 1.82) is 0 Å². The summed E-state index contributed by atoms with van der Waals surface area (Å²) in [5, 5.41) is 3.95. The lowest BCUT2D eigenvalue weighted by molar-refractivity contribution is -0.121. The molecule has 0 unspecified atom stereocenters. The summed E-state index contributed by atoms with van der Waals surface area (Å²) in [5.74, 6) is -1.29. The molecule has 18 heavy (non-hydrogen) atoms. The molecule has 0 radical (unpaired) electrons. The summed E-state index contributed by atoms with van der Waals surface area (Å²) in [6, 6.07) is 6.52. The summed E-state index contributed by atoms with van der Waals surface area (Å²) in [4.78, 5) is 25.8. The summed E-state index contributed by atoms with van der Waals surface area (Å²) in [7, 11) is 0. The minimum absolute atomic E-state index is 0.333. The number of carbonyl (C=O) groups excluding carboxylic acids is 2. The molecule has 1 heterocycles. The Bertz CT molecular complexity index is 548. The number of rotatable bonds is 4. The number of hydrogen-bond donors (Lipinski definition) is 1. The molecule has 2 N–H and O–H groups in total. The van der Waals surface area contributed by atoms with Gasteiger partial charge in [0.05, 0.1) is 11.3 Å². The first kappa shape index (κ1) is 11.8. The lowest BCUT2D eigenvalue weighted by atomic mass is 10.2. The predicted molar refractivity (Wildman–Crippen MR) is 60.8 cm³/mol. The standard InChI is InChI=1S/C11H10N4O3/c12-10(16)5-18-11(17)8-1-3-9(4-2-8)15-7-13-6-14-15/h1-4,6-7H,5H2,(H2,12,16). The molecule has 0 saturated heterocycles. The van der Waals surface area contributed by atoms with Gasteiger partial charge < -0.3 is 10.5 Å². The van der Waals surface area contributed by atoms with Crippen molar-refractivity contribution >= 4 is 11.9 Å². The Morgan fingerprint density at radius 2 is 2.00 bits per heavy atom. The number of primary amides is 1. The number of amides is 1. The molecule has 92 valence electrons. The Morgan fingerprint density at radius 1 is 1.28 bits per heavy atom. The molecule has 2 aromatic rings. The van der Waals surface area contributed by atoms with Crippen molar-refractivity contribution in [3.05, 3.63) is 42.5 Å². The van der Waals surface area contributed by atoms with Crippen LogP contribution in [0.5, 0.6) is 0 Å². The molecule has 1 aromatic heterocycles. The number of nitrogens with zero attached hydrogens (tertiary/aromatic N) is 3. The van der Waals surface area contributed by atoms with Gasteiger partial charge in [-0.3, -0.25) is 4.79 Å². The zero-order valence-electron chi connectivity index (χ0n) is 9.31. The van der Waals surface area contributed by atoms with Crippen molar-refractivity contribution in [2.45, 2.75) is 0 Å².